The molecule has 2 saturated heterocycles. The van der Waals surface area contributed by atoms with Crippen LogP contribution in [-0.4, -0.2) is 48.6 Å². The van der Waals surface area contributed by atoms with E-state index in [2.05, 4.69) is 43.9 Å². The van der Waals surface area contributed by atoms with Gasteiger partial charge in [-0.2, -0.15) is 4.39 Å². The summed E-state index contributed by atoms with van der Waals surface area (Å²) < 4.78 is 39.3. The van der Waals surface area contributed by atoms with Crippen LogP contribution in [0, 0.1) is 5.82 Å². The standard InChI is InChI=1S/C18H28FN5O6Si/c1-17(2,3)31(6,7)27-8-9-11-12(30-18(4,5)29-11)15(28-9)24-13(22-23-20)10(19)14(25)21-16(24)26/h9,11-12,15H,8H2,1-7H3,(H,21,25,26)/t9-,11-,12-,15-/m1/s1. The van der Waals surface area contributed by atoms with Gasteiger partial charge in [-0.1, -0.05) is 20.8 Å². The number of H-pyrrole nitrogens is 1. The summed E-state index contributed by atoms with van der Waals surface area (Å²) in [4.78, 5) is 28.6. The van der Waals surface area contributed by atoms with E-state index in [0.717, 1.165) is 4.57 Å². The molecule has 0 saturated carbocycles. The van der Waals surface area contributed by atoms with Gasteiger partial charge in [-0.25, -0.2) is 4.79 Å². The van der Waals surface area contributed by atoms with Gasteiger partial charge in [-0.15, -0.1) is 0 Å². The molecule has 2 aliphatic heterocycles. The molecule has 0 unspecified atom stereocenters. The Balaban J connectivity index is 2.00. The van der Waals surface area contributed by atoms with Crippen molar-refractivity contribution in [2.45, 2.75) is 83.1 Å². The van der Waals surface area contributed by atoms with Crippen molar-refractivity contribution in [1.82, 2.24) is 9.55 Å². The Hall–Kier alpha value is -2.02. The molecule has 11 nitrogen and oxygen atoms in total. The highest BCUT2D eigenvalue weighted by molar-refractivity contribution is 6.74. The highest BCUT2D eigenvalue weighted by Gasteiger charge is 2.57. The molecule has 0 aromatic carbocycles. The summed E-state index contributed by atoms with van der Waals surface area (Å²) in [6.07, 6.45) is -3.27. The lowest BCUT2D eigenvalue weighted by molar-refractivity contribution is -0.200. The van der Waals surface area contributed by atoms with Crippen LogP contribution in [0.25, 0.3) is 10.4 Å². The first-order valence-electron chi connectivity index (χ1n) is 9.93. The lowest BCUT2D eigenvalue weighted by Gasteiger charge is -2.37. The van der Waals surface area contributed by atoms with Crippen LogP contribution in [0.3, 0.4) is 0 Å². The summed E-state index contributed by atoms with van der Waals surface area (Å²) >= 11 is 0. The fraction of sp³-hybridized carbons (Fsp3) is 0.778. The van der Waals surface area contributed by atoms with Crippen molar-refractivity contribution in [3.63, 3.8) is 0 Å². The monoisotopic (exact) mass is 457 g/mol. The lowest BCUT2D eigenvalue weighted by atomic mass is 10.1. The highest BCUT2D eigenvalue weighted by Crippen LogP contribution is 2.44. The van der Waals surface area contributed by atoms with Crippen LogP contribution in [0.15, 0.2) is 14.7 Å². The quantitative estimate of drug-likeness (QED) is 0.312. The summed E-state index contributed by atoms with van der Waals surface area (Å²) in [6.45, 7) is 14.1. The van der Waals surface area contributed by atoms with Crippen molar-refractivity contribution in [2.75, 3.05) is 6.61 Å². The molecule has 0 bridgehead atoms. The third-order valence-corrected chi connectivity index (χ3v) is 10.5. The van der Waals surface area contributed by atoms with E-state index in [1.165, 1.54) is 0 Å². The third kappa shape index (κ3) is 4.34. The average Bonchev–Trinajstić information content (AvgIpc) is 3.10. The normalized spacial score (nSPS) is 27.7. The molecule has 3 rings (SSSR count). The van der Waals surface area contributed by atoms with Crippen LogP contribution in [-0.2, 0) is 18.6 Å². The molecule has 0 spiro atoms. The minimum absolute atomic E-state index is 0.0373. The molecule has 31 heavy (non-hydrogen) atoms. The van der Waals surface area contributed by atoms with Crippen molar-refractivity contribution in [1.29, 1.82) is 0 Å². The third-order valence-electron chi connectivity index (χ3n) is 6.00. The zero-order valence-electron chi connectivity index (χ0n) is 18.6. The topological polar surface area (TPSA) is 141 Å². The first-order chi connectivity index (χ1) is 14.2. The average molecular weight is 458 g/mol. The molecule has 4 atom stereocenters. The fourth-order valence-electron chi connectivity index (χ4n) is 3.39. The molecule has 172 valence electrons. The first kappa shape index (κ1) is 23.6. The molecular formula is C18H28FN5O6Si. The van der Waals surface area contributed by atoms with E-state index in [9.17, 15) is 14.0 Å². The number of azide groups is 1. The molecule has 1 N–H and O–H groups in total. The number of hydrogen-bond donors (Lipinski definition) is 1. The van der Waals surface area contributed by atoms with E-state index < -0.39 is 61.5 Å². The van der Waals surface area contributed by atoms with E-state index >= 15 is 0 Å². The van der Waals surface area contributed by atoms with Gasteiger partial charge in [0.1, 0.15) is 18.3 Å². The smallest absolute Gasteiger partial charge is 0.331 e. The zero-order valence-corrected chi connectivity index (χ0v) is 19.6. The van der Waals surface area contributed by atoms with Crippen LogP contribution in [0.4, 0.5) is 10.2 Å². The zero-order chi connectivity index (χ0) is 23.4. The number of hydrogen-bond acceptors (Lipinski definition) is 7. The van der Waals surface area contributed by atoms with Gasteiger partial charge in [0.2, 0.25) is 5.82 Å². The van der Waals surface area contributed by atoms with Gasteiger partial charge in [0.05, 0.1) is 6.61 Å². The number of nitrogens with one attached hydrogen (secondary N) is 1. The number of ether oxygens (including phenoxy) is 3. The van der Waals surface area contributed by atoms with Gasteiger partial charge in [-0.05, 0) is 42.6 Å². The van der Waals surface area contributed by atoms with E-state index in [1.54, 1.807) is 13.8 Å². The molecule has 1 aromatic rings. The number of aromatic nitrogens is 2. The number of fused-ring (bicyclic) bond motifs is 1. The molecule has 0 radical (unpaired) electrons. The number of nitrogens with zero attached hydrogens (tertiary/aromatic N) is 4. The second kappa shape index (κ2) is 7.83. The summed E-state index contributed by atoms with van der Waals surface area (Å²) in [5.41, 5.74) is 6.54. The molecule has 2 aliphatic rings. The van der Waals surface area contributed by atoms with Gasteiger partial charge in [0, 0.05) is 4.91 Å². The van der Waals surface area contributed by atoms with Gasteiger partial charge < -0.3 is 18.6 Å². The predicted octanol–water partition coefficient (Wildman–Crippen LogP) is 3.06. The second-order valence-electron chi connectivity index (χ2n) is 9.66. The molecule has 1 aromatic heterocycles. The maximum Gasteiger partial charge on any atom is 0.331 e. The Labute approximate surface area is 179 Å². The Morgan fingerprint density at radius 2 is 1.90 bits per heavy atom. The van der Waals surface area contributed by atoms with Crippen molar-refractivity contribution in [3.8, 4) is 0 Å². The van der Waals surface area contributed by atoms with Crippen LogP contribution < -0.4 is 11.2 Å². The Morgan fingerprint density at radius 1 is 1.29 bits per heavy atom. The van der Waals surface area contributed by atoms with Gasteiger partial charge in [0.15, 0.2) is 26.2 Å². The Kier molecular flexibility index (Phi) is 5.97. The minimum atomic E-state index is -2.12. The summed E-state index contributed by atoms with van der Waals surface area (Å²) in [5, 5.41) is 3.18. The van der Waals surface area contributed by atoms with Crippen LogP contribution in [0.2, 0.25) is 18.1 Å². The number of aromatic amines is 1. The summed E-state index contributed by atoms with van der Waals surface area (Å²) in [5.74, 6) is -3.16. The van der Waals surface area contributed by atoms with E-state index in [4.69, 9.17) is 24.2 Å². The van der Waals surface area contributed by atoms with Crippen LogP contribution >= 0.6 is 0 Å². The first-order valence-corrected chi connectivity index (χ1v) is 12.8. The van der Waals surface area contributed by atoms with Crippen molar-refractivity contribution < 1.29 is 23.0 Å². The Morgan fingerprint density at radius 3 is 2.48 bits per heavy atom. The molecule has 0 aliphatic carbocycles. The van der Waals surface area contributed by atoms with Crippen molar-refractivity contribution in [3.05, 3.63) is 37.1 Å². The maximum absolute atomic E-state index is 14.4. The van der Waals surface area contributed by atoms with E-state index in [0.29, 0.717) is 0 Å². The molecule has 0 amide bonds. The van der Waals surface area contributed by atoms with Gasteiger partial charge >= 0.3 is 5.69 Å². The molecule has 2 fully saturated rings. The van der Waals surface area contributed by atoms with Crippen LogP contribution in [0.1, 0.15) is 40.8 Å². The Bertz CT molecular complexity index is 1030. The molecule has 13 heteroatoms. The van der Waals surface area contributed by atoms with E-state index in [1.807, 2.05) is 4.98 Å². The maximum atomic E-state index is 14.4. The lowest BCUT2D eigenvalue weighted by Crippen LogP contribution is -2.44. The minimum Gasteiger partial charge on any atom is -0.414 e. The van der Waals surface area contributed by atoms with Crippen molar-refractivity contribution in [2.24, 2.45) is 5.11 Å². The van der Waals surface area contributed by atoms with E-state index in [-0.39, 0.29) is 11.6 Å². The number of rotatable bonds is 5. The molecular weight excluding hydrogens is 429 g/mol. The predicted molar refractivity (Wildman–Crippen MR) is 111 cm³/mol. The van der Waals surface area contributed by atoms with Gasteiger partial charge in [0.25, 0.3) is 5.56 Å². The summed E-state index contributed by atoms with van der Waals surface area (Å²) in [6, 6.07) is 0. The fourth-order valence-corrected chi connectivity index (χ4v) is 4.41. The van der Waals surface area contributed by atoms with Crippen LogP contribution in [0.5, 0.6) is 0 Å². The van der Waals surface area contributed by atoms with Crippen molar-refractivity contribution >= 4 is 14.1 Å². The highest BCUT2D eigenvalue weighted by atomic mass is 28.4. The van der Waals surface area contributed by atoms with Gasteiger partial charge in [-0.3, -0.25) is 14.3 Å². The SMILES string of the molecule is CC1(C)O[C@@H]2[C@H](O1)[C@@H](CO[Si](C)(C)C(C)(C)C)O[C@H]2n1c(N=[N+]=[N-])c(F)c(=O)[nH]c1=O. The molecule has 3 heterocycles. The largest absolute Gasteiger partial charge is 0.414 e. The summed E-state index contributed by atoms with van der Waals surface area (Å²) in [7, 11) is -2.12. The number of halogens is 1. The second-order valence-corrected chi connectivity index (χ2v) is 14.5.